The second-order valence-corrected chi connectivity index (χ2v) is 13.3. The normalized spacial score (nSPS) is 12.4. The van der Waals surface area contributed by atoms with Gasteiger partial charge in [-0.3, -0.25) is 0 Å². The average Bonchev–Trinajstić information content (AvgIpc) is 2.73. The maximum absolute atomic E-state index is 2.50. The highest BCUT2D eigenvalue weighted by molar-refractivity contribution is 6.95. The van der Waals surface area contributed by atoms with E-state index in [0.29, 0.717) is 0 Å². The van der Waals surface area contributed by atoms with E-state index in [1.165, 1.54) is 37.8 Å². The monoisotopic (exact) mass is 427 g/mol. The quantitative estimate of drug-likeness (QED) is 0.350. The summed E-state index contributed by atoms with van der Waals surface area (Å²) >= 11 is 0. The van der Waals surface area contributed by atoms with Gasteiger partial charge in [0.2, 0.25) is 0 Å². The Labute approximate surface area is 192 Å². The second-order valence-electron chi connectivity index (χ2n) is 10.8. The van der Waals surface area contributed by atoms with Crippen molar-refractivity contribution in [2.45, 2.75) is 79.1 Å². The number of hydrogen-bond donors (Lipinski definition) is 0. The summed E-state index contributed by atoms with van der Waals surface area (Å²) < 4.78 is 0. The van der Waals surface area contributed by atoms with Crippen LogP contribution in [0.5, 0.6) is 0 Å². The molecule has 0 aliphatic carbocycles. The third-order valence-corrected chi connectivity index (χ3v) is 8.82. The van der Waals surface area contributed by atoms with Gasteiger partial charge in [0.05, 0.1) is 0 Å². The van der Waals surface area contributed by atoms with Crippen LogP contribution in [0.4, 0.5) is 0 Å². The summed E-state index contributed by atoms with van der Waals surface area (Å²) in [5, 5.41) is 4.48. The van der Waals surface area contributed by atoms with Crippen molar-refractivity contribution >= 4 is 24.4 Å². The van der Waals surface area contributed by atoms with Crippen LogP contribution in [0.1, 0.15) is 77.6 Å². The van der Waals surface area contributed by atoms with Crippen molar-refractivity contribution in [1.82, 2.24) is 0 Å². The Morgan fingerprint density at radius 2 is 1.00 bits per heavy atom. The van der Waals surface area contributed by atoms with E-state index >= 15 is 0 Å². The number of benzene rings is 3. The lowest BCUT2D eigenvalue weighted by Crippen LogP contribution is -2.52. The highest BCUT2D eigenvalue weighted by Gasteiger charge is 2.26. The standard InChI is InChI=1S/C30H39Si/c1-9-22-16-23(10-2)18-27(17-22)31(26-14-12-11-13-15-26)28-20-24(29(3,4)5)19-25(21-28)30(6,7)8/h11-21H,9-10H2,1-8H3. The van der Waals surface area contributed by atoms with Gasteiger partial charge >= 0.3 is 0 Å². The summed E-state index contributed by atoms with van der Waals surface area (Å²) in [7, 11) is -1.10. The maximum Gasteiger partial charge on any atom is 0.154 e. The van der Waals surface area contributed by atoms with Crippen LogP contribution in [-0.4, -0.2) is 8.80 Å². The predicted octanol–water partition coefficient (Wildman–Crippen LogP) is 5.92. The molecule has 0 atom stereocenters. The lowest BCUT2D eigenvalue weighted by atomic mass is 9.81. The molecule has 0 aromatic heterocycles. The van der Waals surface area contributed by atoms with Crippen molar-refractivity contribution in [2.75, 3.05) is 0 Å². The molecule has 0 aliphatic heterocycles. The Morgan fingerprint density at radius 1 is 0.548 bits per heavy atom. The highest BCUT2D eigenvalue weighted by atomic mass is 28.3. The molecule has 0 heterocycles. The molecule has 163 valence electrons. The fourth-order valence-electron chi connectivity index (χ4n) is 4.06. The first-order valence-corrected chi connectivity index (χ1v) is 13.2. The van der Waals surface area contributed by atoms with Crippen LogP contribution >= 0.6 is 0 Å². The smallest absolute Gasteiger partial charge is 0.0624 e. The number of aryl methyl sites for hydroxylation is 2. The van der Waals surface area contributed by atoms with E-state index in [4.69, 9.17) is 0 Å². The van der Waals surface area contributed by atoms with Gasteiger partial charge in [0.25, 0.3) is 0 Å². The van der Waals surface area contributed by atoms with Crippen molar-refractivity contribution in [2.24, 2.45) is 0 Å². The minimum atomic E-state index is -1.10. The van der Waals surface area contributed by atoms with E-state index < -0.39 is 8.80 Å². The molecule has 0 saturated carbocycles. The Bertz CT molecular complexity index is 962. The van der Waals surface area contributed by atoms with Crippen LogP contribution in [0, 0.1) is 0 Å². The van der Waals surface area contributed by atoms with Crippen LogP contribution in [0.15, 0.2) is 66.7 Å². The molecule has 0 bridgehead atoms. The van der Waals surface area contributed by atoms with Crippen LogP contribution in [0.25, 0.3) is 0 Å². The van der Waals surface area contributed by atoms with Gasteiger partial charge < -0.3 is 0 Å². The Hall–Kier alpha value is -2.12. The fraction of sp³-hybridized carbons (Fsp3) is 0.400. The summed E-state index contributed by atoms with van der Waals surface area (Å²) in [5.41, 5.74) is 6.04. The maximum atomic E-state index is 2.50. The Morgan fingerprint density at radius 3 is 1.42 bits per heavy atom. The van der Waals surface area contributed by atoms with Gasteiger partial charge in [-0.05, 0) is 45.9 Å². The topological polar surface area (TPSA) is 0 Å². The van der Waals surface area contributed by atoms with E-state index in [1.54, 1.807) is 0 Å². The van der Waals surface area contributed by atoms with E-state index in [0.717, 1.165) is 12.8 Å². The summed E-state index contributed by atoms with van der Waals surface area (Å²) in [4.78, 5) is 0. The van der Waals surface area contributed by atoms with Gasteiger partial charge in [-0.1, -0.05) is 138 Å². The molecule has 31 heavy (non-hydrogen) atoms. The number of rotatable bonds is 5. The van der Waals surface area contributed by atoms with Crippen LogP contribution in [0.3, 0.4) is 0 Å². The minimum absolute atomic E-state index is 0.125. The van der Waals surface area contributed by atoms with Crippen molar-refractivity contribution < 1.29 is 0 Å². The van der Waals surface area contributed by atoms with Gasteiger partial charge in [-0.25, -0.2) is 0 Å². The van der Waals surface area contributed by atoms with Crippen LogP contribution in [0.2, 0.25) is 0 Å². The van der Waals surface area contributed by atoms with Gasteiger partial charge in [0.1, 0.15) is 0 Å². The molecule has 0 aliphatic rings. The molecule has 1 radical (unpaired) electrons. The molecule has 3 aromatic carbocycles. The highest BCUT2D eigenvalue weighted by Crippen LogP contribution is 2.28. The summed E-state index contributed by atoms with van der Waals surface area (Å²) in [5.74, 6) is 0. The van der Waals surface area contributed by atoms with Crippen molar-refractivity contribution in [3.05, 3.63) is 89.0 Å². The second kappa shape index (κ2) is 9.16. The zero-order valence-corrected chi connectivity index (χ0v) is 21.8. The molecule has 0 saturated heterocycles. The van der Waals surface area contributed by atoms with E-state index in [9.17, 15) is 0 Å². The van der Waals surface area contributed by atoms with E-state index in [1.807, 2.05) is 0 Å². The molecule has 0 spiro atoms. The molecule has 0 amide bonds. The van der Waals surface area contributed by atoms with Crippen molar-refractivity contribution in [3.63, 3.8) is 0 Å². The first-order valence-electron chi connectivity index (χ1n) is 11.7. The van der Waals surface area contributed by atoms with Crippen molar-refractivity contribution in [3.8, 4) is 0 Å². The summed E-state index contributed by atoms with van der Waals surface area (Å²) in [6.45, 7) is 18.5. The van der Waals surface area contributed by atoms with E-state index in [-0.39, 0.29) is 10.8 Å². The van der Waals surface area contributed by atoms with Gasteiger partial charge in [0, 0.05) is 0 Å². The zero-order chi connectivity index (χ0) is 22.8. The average molecular weight is 428 g/mol. The van der Waals surface area contributed by atoms with Crippen LogP contribution in [-0.2, 0) is 23.7 Å². The van der Waals surface area contributed by atoms with Gasteiger partial charge in [-0.15, -0.1) is 0 Å². The third kappa shape index (κ3) is 5.57. The zero-order valence-electron chi connectivity index (χ0n) is 20.8. The Balaban J connectivity index is 2.32. The first-order chi connectivity index (χ1) is 14.5. The van der Waals surface area contributed by atoms with Gasteiger partial charge in [0.15, 0.2) is 8.80 Å². The molecule has 3 rings (SSSR count). The lowest BCUT2D eigenvalue weighted by molar-refractivity contribution is 0.569. The Kier molecular flexibility index (Phi) is 6.96. The molecular weight excluding hydrogens is 388 g/mol. The van der Waals surface area contributed by atoms with E-state index in [2.05, 4.69) is 122 Å². The minimum Gasteiger partial charge on any atom is -0.0624 e. The van der Waals surface area contributed by atoms with Crippen molar-refractivity contribution in [1.29, 1.82) is 0 Å². The molecule has 0 fully saturated rings. The first kappa shape index (κ1) is 23.5. The molecular formula is C30H39Si. The predicted molar refractivity (Wildman–Crippen MR) is 140 cm³/mol. The largest absolute Gasteiger partial charge is 0.154 e. The SMILES string of the molecule is CCc1cc(CC)cc([Si](c2ccccc2)c2cc(C(C)(C)C)cc(C(C)(C)C)c2)c1. The molecule has 0 N–H and O–H groups in total. The molecule has 3 aromatic rings. The molecule has 0 nitrogen and oxygen atoms in total. The lowest BCUT2D eigenvalue weighted by Gasteiger charge is -2.28. The van der Waals surface area contributed by atoms with Crippen LogP contribution < -0.4 is 15.6 Å². The van der Waals surface area contributed by atoms with Gasteiger partial charge in [-0.2, -0.15) is 0 Å². The fourth-order valence-corrected chi connectivity index (χ4v) is 6.84. The molecule has 0 unspecified atom stereocenters. The third-order valence-electron chi connectivity index (χ3n) is 6.17. The summed E-state index contributed by atoms with van der Waals surface area (Å²) in [6.07, 6.45) is 2.17. The summed E-state index contributed by atoms with van der Waals surface area (Å²) in [6, 6.07) is 26.0. The number of hydrogen-bond acceptors (Lipinski definition) is 0. The molecule has 1 heteroatoms.